The van der Waals surface area contributed by atoms with Gasteiger partial charge in [-0.15, -0.1) is 0 Å². The zero-order valence-electron chi connectivity index (χ0n) is 12.2. The Morgan fingerprint density at radius 2 is 2.50 bits per heavy atom. The maximum atomic E-state index is 11.8. The van der Waals surface area contributed by atoms with Crippen LogP contribution in [0.2, 0.25) is 0 Å². The lowest BCUT2D eigenvalue weighted by Crippen LogP contribution is -2.31. The van der Waals surface area contributed by atoms with Crippen LogP contribution in [0, 0.1) is 0 Å². The molecule has 8 nitrogen and oxygen atoms in total. The maximum absolute atomic E-state index is 11.8. The van der Waals surface area contributed by atoms with E-state index in [1.54, 1.807) is 0 Å². The third-order valence-electron chi connectivity index (χ3n) is 2.91. The first kappa shape index (κ1) is 16.9. The van der Waals surface area contributed by atoms with Crippen molar-refractivity contribution in [3.8, 4) is 0 Å². The van der Waals surface area contributed by atoms with E-state index in [-0.39, 0.29) is 15.0 Å². The Balaban J connectivity index is 2.07. The molecular weight excluding hydrogens is 370 g/mol. The number of aliphatic hydroxyl groups excluding tert-OH is 1. The Hall–Kier alpha value is 0.0800. The first-order valence-corrected chi connectivity index (χ1v) is 9.63. The van der Waals surface area contributed by atoms with Crippen molar-refractivity contribution in [2.24, 2.45) is 0 Å². The third-order valence-corrected chi connectivity index (χ3v) is 4.41. The minimum atomic E-state index is -0.782. The third kappa shape index (κ3) is 5.04. The fourth-order valence-electron chi connectivity index (χ4n) is 2.01. The molecule has 1 aliphatic heterocycles. The van der Waals surface area contributed by atoms with E-state index in [1.165, 1.54) is 16.8 Å². The largest absolute Gasteiger partial charge is 0.377 e. The Labute approximate surface area is 140 Å². The molecule has 2 heterocycles. The number of nitrogens with zero attached hydrogens (tertiary/aromatic N) is 1. The van der Waals surface area contributed by atoms with Crippen molar-refractivity contribution in [1.29, 1.82) is 1.28 Å². The van der Waals surface area contributed by atoms with Crippen LogP contribution in [0.5, 0.6) is 0 Å². The second kappa shape index (κ2) is 8.80. The van der Waals surface area contributed by atoms with Gasteiger partial charge in [0, 0.05) is 42.4 Å². The lowest BCUT2D eigenvalue weighted by Gasteiger charge is -2.17. The number of aromatic amines is 1. The molecule has 1 aromatic heterocycles. The normalized spacial score (nSPS) is 27.4. The Morgan fingerprint density at radius 3 is 3.18 bits per heavy atom. The summed E-state index contributed by atoms with van der Waals surface area (Å²) in [6, 6.07) is 1.24. The summed E-state index contributed by atoms with van der Waals surface area (Å²) in [6.45, 7) is 0.184. The minimum absolute atomic E-state index is 0.163. The van der Waals surface area contributed by atoms with E-state index in [1.807, 2.05) is 0 Å². The summed E-state index contributed by atoms with van der Waals surface area (Å²) in [5.41, 5.74) is -1.05. The van der Waals surface area contributed by atoms with Gasteiger partial charge in [-0.2, -0.15) is 0 Å². The predicted molar refractivity (Wildman–Crippen MR) is 91.3 cm³/mol. The summed E-state index contributed by atoms with van der Waals surface area (Å²) >= 11 is 1.88. The molecule has 0 aromatic carbocycles. The predicted octanol–water partition coefficient (Wildman–Crippen LogP) is 0.463. The average Bonchev–Trinajstić information content (AvgIpc) is 2.88. The quantitative estimate of drug-likeness (QED) is 0.287. The van der Waals surface area contributed by atoms with E-state index in [0.29, 0.717) is 6.42 Å². The highest BCUT2D eigenvalue weighted by atomic mass is 32.7. The highest BCUT2D eigenvalue weighted by Crippen LogP contribution is 2.34. The molecule has 0 bridgehead atoms. The number of rotatable bonds is 8. The molecule has 0 spiro atoms. The zero-order chi connectivity index (χ0) is 16.8. The summed E-state index contributed by atoms with van der Waals surface area (Å²) in [5, 5.41) is 8.49. The van der Waals surface area contributed by atoms with Crippen molar-refractivity contribution < 1.29 is 18.2 Å². The van der Waals surface area contributed by atoms with E-state index in [0.717, 1.165) is 23.7 Å². The highest BCUT2D eigenvalue weighted by Gasteiger charge is 2.38. The van der Waals surface area contributed by atoms with Gasteiger partial charge < -0.3 is 18.2 Å². The van der Waals surface area contributed by atoms with Gasteiger partial charge in [0.15, 0.2) is 0 Å². The lowest BCUT2D eigenvalue weighted by atomic mass is 10.2. The second-order valence-electron chi connectivity index (χ2n) is 4.37. The lowest BCUT2D eigenvalue weighted by molar-refractivity contribution is -0.0320. The summed E-state index contributed by atoms with van der Waals surface area (Å²) < 4.78 is 24.9. The molecule has 0 aliphatic carbocycles. The van der Waals surface area contributed by atoms with Crippen LogP contribution in [0.3, 0.4) is 0 Å². The smallest absolute Gasteiger partial charge is 0.330 e. The number of aromatic nitrogens is 2. The van der Waals surface area contributed by atoms with Crippen LogP contribution in [0.1, 0.15) is 12.6 Å². The first-order valence-electron chi connectivity index (χ1n) is 6.69. The van der Waals surface area contributed by atoms with Crippen LogP contribution in [0.15, 0.2) is 21.9 Å². The molecule has 6 atom stereocenters. The molecule has 0 saturated carbocycles. The fraction of sp³-hybridized carbons (Fsp3) is 0.600. The summed E-state index contributed by atoms with van der Waals surface area (Å²) in [7, 11) is 2.02. The fourth-order valence-corrected chi connectivity index (χ4v) is 3.06. The van der Waals surface area contributed by atoms with E-state index in [9.17, 15) is 14.7 Å². The average molecular weight is 388 g/mol. The molecule has 2 N–H and O–H groups in total. The number of aliphatic hydroxyl groups is 1. The topological polar surface area (TPSA) is 103 Å². The van der Waals surface area contributed by atoms with Crippen molar-refractivity contribution >= 4 is 41.3 Å². The van der Waals surface area contributed by atoms with Crippen molar-refractivity contribution in [2.75, 3.05) is 6.61 Å². The molecule has 1 fully saturated rings. The monoisotopic (exact) mass is 388 g/mol. The van der Waals surface area contributed by atoms with Gasteiger partial charge >= 0.3 is 5.69 Å². The number of hydrogen-bond acceptors (Lipinski definition) is 8. The first-order chi connectivity index (χ1) is 11.0. The van der Waals surface area contributed by atoms with E-state index in [2.05, 4.69) is 14.2 Å². The van der Waals surface area contributed by atoms with E-state index in [4.69, 9.17) is 14.4 Å². The van der Waals surface area contributed by atoms with Crippen molar-refractivity contribution in [2.45, 2.75) is 30.0 Å². The summed E-state index contributed by atoms with van der Waals surface area (Å²) in [6.07, 6.45) is 0.248. The molecular formula is C10H16N2O6P2S2. The second-order valence-corrected chi connectivity index (χ2v) is 7.26. The molecule has 0 radical (unpaired) electrons. The van der Waals surface area contributed by atoms with Crippen molar-refractivity contribution in [3.63, 3.8) is 0 Å². The Morgan fingerprint density at radius 1 is 1.68 bits per heavy atom. The zero-order valence-corrected chi connectivity index (χ0v) is 15.0. The van der Waals surface area contributed by atoms with Crippen LogP contribution < -0.4 is 11.2 Å². The number of ether oxygens (including phenoxy) is 1. The van der Waals surface area contributed by atoms with Gasteiger partial charge in [0.2, 0.25) is 0 Å². The number of H-pyrrole nitrogens is 1. The molecule has 1 aliphatic rings. The van der Waals surface area contributed by atoms with Gasteiger partial charge in [0.1, 0.15) is 23.6 Å². The summed E-state index contributed by atoms with van der Waals surface area (Å²) in [5.74, 6) is 0. The highest BCUT2D eigenvalue weighted by molar-refractivity contribution is 8.40. The van der Waals surface area contributed by atoms with Crippen LogP contribution in [0.25, 0.3) is 0 Å². The van der Waals surface area contributed by atoms with Gasteiger partial charge in [-0.1, -0.05) is 9.24 Å². The van der Waals surface area contributed by atoms with Crippen LogP contribution in [0.4, 0.5) is 0 Å². The van der Waals surface area contributed by atoms with E-state index < -0.39 is 34.9 Å². The van der Waals surface area contributed by atoms with Crippen LogP contribution in [-0.4, -0.2) is 39.9 Å². The number of hydrogen-bond donors (Lipinski definition) is 2. The molecule has 3 unspecified atom stereocenters. The van der Waals surface area contributed by atoms with Gasteiger partial charge in [-0.3, -0.25) is 14.3 Å². The van der Waals surface area contributed by atoms with Crippen molar-refractivity contribution in [3.05, 3.63) is 33.1 Å². The summed E-state index contributed by atoms with van der Waals surface area (Å²) in [4.78, 5) is 25.1. The standard InChI is InChI=1S/C10H16N2O6P2S2/c13-7-1-2-12(9(14)11-7)8-3-5(18-21-10(15)19)6(17-8)4-16-22-20/h1-2,5-6,8,10,15H,3-4,19-20H2,(H,11,13,14)/t5-,6+,8+,10?/m0/s1/i20T/t5-,6+,8+,10?,20?. The molecule has 1 aromatic rings. The van der Waals surface area contributed by atoms with Gasteiger partial charge in [-0.05, 0) is 8.39 Å². The Bertz CT molecular complexity index is 618. The molecule has 2 rings (SSSR count). The SMILES string of the molecule is [3H]PSOC[C@H]1O[C@@H](n2ccc(=O)[nH]c2=O)C[C@@H]1OSC(O)P. The molecule has 12 heteroatoms. The van der Waals surface area contributed by atoms with E-state index >= 15 is 0 Å². The molecule has 22 heavy (non-hydrogen) atoms. The number of nitrogens with one attached hydrogen (secondary N) is 1. The maximum Gasteiger partial charge on any atom is 0.330 e. The van der Waals surface area contributed by atoms with Gasteiger partial charge in [-0.25, -0.2) is 4.79 Å². The van der Waals surface area contributed by atoms with Crippen molar-refractivity contribution in [1.82, 2.24) is 9.55 Å². The van der Waals surface area contributed by atoms with Crippen LogP contribution >= 0.6 is 41.3 Å². The van der Waals surface area contributed by atoms with Crippen LogP contribution in [-0.2, 0) is 13.1 Å². The van der Waals surface area contributed by atoms with Gasteiger partial charge in [0.25, 0.3) is 5.56 Å². The molecule has 124 valence electrons. The Kier molecular flexibility index (Phi) is 6.77. The minimum Gasteiger partial charge on any atom is -0.377 e. The van der Waals surface area contributed by atoms with Gasteiger partial charge in [0.05, 0.1) is 7.89 Å². The molecule has 1 saturated heterocycles. The molecule has 0 amide bonds.